The Hall–Kier alpha value is -4.34. The number of rotatable bonds is 9. The number of carbonyl (C=O) groups excluding carboxylic acids is 1. The summed E-state index contributed by atoms with van der Waals surface area (Å²) in [5, 5.41) is 30.1. The van der Waals surface area contributed by atoms with Gasteiger partial charge in [0.2, 0.25) is 5.56 Å². The molecule has 0 aliphatic heterocycles. The van der Waals surface area contributed by atoms with Gasteiger partial charge in [-0.2, -0.15) is 0 Å². The average molecular weight is 489 g/mol. The molecule has 0 unspecified atom stereocenters. The zero-order valence-corrected chi connectivity index (χ0v) is 19.7. The third-order valence-electron chi connectivity index (χ3n) is 5.73. The van der Waals surface area contributed by atoms with Crippen molar-refractivity contribution in [1.82, 2.24) is 10.3 Å². The number of carbonyl (C=O) groups is 1. The Morgan fingerprint density at radius 1 is 1.00 bits per heavy atom. The molecule has 0 fully saturated rings. The average Bonchev–Trinajstić information content (AvgIpc) is 2.87. The van der Waals surface area contributed by atoms with Gasteiger partial charge in [0.15, 0.2) is 0 Å². The molecule has 1 atom stereocenters. The summed E-state index contributed by atoms with van der Waals surface area (Å²) in [4.78, 5) is 26.5. The van der Waals surface area contributed by atoms with Gasteiger partial charge >= 0.3 is 6.03 Å². The van der Waals surface area contributed by atoms with Gasteiger partial charge in [-0.25, -0.2) is 4.79 Å². The molecule has 3 aromatic carbocycles. The number of phenolic OH excluding ortho intramolecular Hbond substituents is 1. The first kappa shape index (κ1) is 24.8. The van der Waals surface area contributed by atoms with Crippen LogP contribution in [0.2, 0.25) is 0 Å². The second-order valence-corrected chi connectivity index (χ2v) is 8.26. The predicted octanol–water partition coefficient (Wildman–Crippen LogP) is 3.75. The van der Waals surface area contributed by atoms with E-state index in [4.69, 9.17) is 4.74 Å². The summed E-state index contributed by atoms with van der Waals surface area (Å²) in [5.74, 6) is 0.667. The molecular weight excluding hydrogens is 460 g/mol. The lowest BCUT2D eigenvalue weighted by atomic mass is 10.0. The number of aromatic nitrogens is 1. The van der Waals surface area contributed by atoms with Gasteiger partial charge in [-0.15, -0.1) is 0 Å². The second-order valence-electron chi connectivity index (χ2n) is 8.26. The molecule has 2 amide bonds. The van der Waals surface area contributed by atoms with Gasteiger partial charge in [0.05, 0.1) is 18.7 Å². The zero-order valence-electron chi connectivity index (χ0n) is 19.7. The van der Waals surface area contributed by atoms with Crippen molar-refractivity contribution in [2.24, 2.45) is 0 Å². The number of anilines is 2. The van der Waals surface area contributed by atoms with E-state index >= 15 is 0 Å². The maximum Gasteiger partial charge on any atom is 0.323 e. The third kappa shape index (κ3) is 6.21. The van der Waals surface area contributed by atoms with Gasteiger partial charge in [-0.3, -0.25) is 4.79 Å². The first-order valence-corrected chi connectivity index (χ1v) is 11.5. The van der Waals surface area contributed by atoms with E-state index in [2.05, 4.69) is 20.9 Å². The van der Waals surface area contributed by atoms with Crippen molar-refractivity contribution in [3.63, 3.8) is 0 Å². The Morgan fingerprint density at radius 3 is 2.56 bits per heavy atom. The normalized spacial score (nSPS) is 11.7. The van der Waals surface area contributed by atoms with Gasteiger partial charge in [0.1, 0.15) is 11.5 Å². The summed E-state index contributed by atoms with van der Waals surface area (Å²) < 4.78 is 5.12. The molecule has 0 bridgehead atoms. The van der Waals surface area contributed by atoms with Crippen LogP contribution in [0.25, 0.3) is 10.9 Å². The van der Waals surface area contributed by atoms with Crippen LogP contribution in [0.4, 0.5) is 16.2 Å². The molecule has 4 aromatic rings. The Morgan fingerprint density at radius 2 is 1.78 bits per heavy atom. The Bertz CT molecular complexity index is 1400. The van der Waals surface area contributed by atoms with E-state index in [-0.39, 0.29) is 17.3 Å². The number of aromatic hydroxyl groups is 1. The molecule has 186 valence electrons. The van der Waals surface area contributed by atoms with Gasteiger partial charge in [0, 0.05) is 29.4 Å². The lowest BCUT2D eigenvalue weighted by molar-refractivity contribution is 0.176. The molecule has 0 aliphatic rings. The number of nitrogens with one attached hydrogen (secondary N) is 4. The molecule has 6 N–H and O–H groups in total. The van der Waals surface area contributed by atoms with Crippen LogP contribution in [-0.2, 0) is 6.42 Å². The quantitative estimate of drug-likeness (QED) is 0.199. The zero-order chi connectivity index (χ0) is 25.5. The van der Waals surface area contributed by atoms with Crippen molar-refractivity contribution >= 4 is 28.3 Å². The van der Waals surface area contributed by atoms with Crippen LogP contribution in [0.5, 0.6) is 11.5 Å². The molecular formula is C27H28N4O5. The smallest absolute Gasteiger partial charge is 0.323 e. The number of aliphatic hydroxyl groups excluding tert-OH is 1. The summed E-state index contributed by atoms with van der Waals surface area (Å²) in [6.45, 7) is 0.895. The number of hydrogen-bond acceptors (Lipinski definition) is 6. The molecule has 0 saturated heterocycles. The molecule has 1 aromatic heterocycles. The van der Waals surface area contributed by atoms with E-state index in [1.165, 1.54) is 12.1 Å². The maximum absolute atomic E-state index is 12.3. The van der Waals surface area contributed by atoms with Crippen LogP contribution in [0.15, 0.2) is 77.6 Å². The topological polar surface area (TPSA) is 136 Å². The monoisotopic (exact) mass is 488 g/mol. The Balaban J connectivity index is 1.28. The molecule has 0 aliphatic carbocycles. The number of methoxy groups -OCH3 is 1. The van der Waals surface area contributed by atoms with Gasteiger partial charge in [-0.1, -0.05) is 18.2 Å². The van der Waals surface area contributed by atoms with Crippen molar-refractivity contribution in [1.29, 1.82) is 0 Å². The van der Waals surface area contributed by atoms with Gasteiger partial charge in [0.25, 0.3) is 0 Å². The Labute approximate surface area is 207 Å². The number of fused-ring (bicyclic) bond motifs is 1. The minimum atomic E-state index is -0.825. The van der Waals surface area contributed by atoms with Crippen LogP contribution in [0.1, 0.15) is 17.2 Å². The van der Waals surface area contributed by atoms with E-state index in [0.29, 0.717) is 53.1 Å². The molecule has 0 spiro atoms. The Kier molecular flexibility index (Phi) is 7.84. The number of pyridine rings is 1. The SMILES string of the molecule is COc1ccc(NC(=O)Nc2cccc(CCNC[C@@H](O)c3ccc(O)c4[nH]c(=O)ccc34)c2)cc1. The van der Waals surface area contributed by atoms with Crippen molar-refractivity contribution in [2.45, 2.75) is 12.5 Å². The fourth-order valence-electron chi connectivity index (χ4n) is 3.90. The van der Waals surface area contributed by atoms with Crippen LogP contribution >= 0.6 is 0 Å². The van der Waals surface area contributed by atoms with Crippen LogP contribution in [0.3, 0.4) is 0 Å². The van der Waals surface area contributed by atoms with Crippen LogP contribution < -0.4 is 26.2 Å². The molecule has 0 saturated carbocycles. The fourth-order valence-corrected chi connectivity index (χ4v) is 3.90. The van der Waals surface area contributed by atoms with Crippen molar-refractivity contribution in [3.05, 3.63) is 94.3 Å². The summed E-state index contributed by atoms with van der Waals surface area (Å²) in [7, 11) is 1.58. The maximum atomic E-state index is 12.3. The largest absolute Gasteiger partial charge is 0.506 e. The van der Waals surface area contributed by atoms with E-state index < -0.39 is 6.10 Å². The number of ether oxygens (including phenoxy) is 1. The summed E-state index contributed by atoms with van der Waals surface area (Å²) in [5.41, 5.74) is 2.94. The lowest BCUT2D eigenvalue weighted by Gasteiger charge is -2.15. The number of benzene rings is 3. The van der Waals surface area contributed by atoms with E-state index in [1.54, 1.807) is 43.5 Å². The number of H-pyrrole nitrogens is 1. The molecule has 36 heavy (non-hydrogen) atoms. The standard InChI is InChI=1S/C27H28N4O5/c1-36-20-7-5-18(6-8-20)29-27(35)30-19-4-2-3-17(15-19)13-14-28-16-24(33)21-9-11-23(32)26-22(21)10-12-25(34)31-26/h2-12,15,24,28,32-33H,13-14,16H2,1H3,(H,31,34)(H2,29,30,35)/t24-/m1/s1. The number of amides is 2. The first-order chi connectivity index (χ1) is 17.4. The van der Waals surface area contributed by atoms with E-state index in [9.17, 15) is 19.8 Å². The number of urea groups is 1. The van der Waals surface area contributed by atoms with Crippen LogP contribution in [-0.4, -0.2) is 41.4 Å². The fraction of sp³-hybridized carbons (Fsp3) is 0.185. The highest BCUT2D eigenvalue weighted by atomic mass is 16.5. The molecule has 4 rings (SSSR count). The molecule has 0 radical (unpaired) electrons. The van der Waals surface area contributed by atoms with E-state index in [0.717, 1.165) is 5.56 Å². The molecule has 9 nitrogen and oxygen atoms in total. The minimum Gasteiger partial charge on any atom is -0.506 e. The lowest BCUT2D eigenvalue weighted by Crippen LogP contribution is -2.24. The second kappa shape index (κ2) is 11.4. The number of phenols is 1. The third-order valence-corrected chi connectivity index (χ3v) is 5.73. The van der Waals surface area contributed by atoms with E-state index in [1.807, 2.05) is 24.3 Å². The highest BCUT2D eigenvalue weighted by molar-refractivity contribution is 5.99. The van der Waals surface area contributed by atoms with Gasteiger partial charge in [-0.05, 0) is 72.6 Å². The number of aliphatic hydroxyl groups is 1. The van der Waals surface area contributed by atoms with Gasteiger partial charge < -0.3 is 35.9 Å². The highest BCUT2D eigenvalue weighted by Crippen LogP contribution is 2.28. The van der Waals surface area contributed by atoms with Crippen molar-refractivity contribution in [3.8, 4) is 11.5 Å². The summed E-state index contributed by atoms with van der Waals surface area (Å²) >= 11 is 0. The molecule has 1 heterocycles. The molecule has 9 heteroatoms. The van der Waals surface area contributed by atoms with Crippen LogP contribution in [0, 0.1) is 0 Å². The predicted molar refractivity (Wildman–Crippen MR) is 140 cm³/mol. The van der Waals surface area contributed by atoms with Crippen molar-refractivity contribution in [2.75, 3.05) is 30.8 Å². The minimum absolute atomic E-state index is 0.0437. The first-order valence-electron chi connectivity index (χ1n) is 11.5. The highest BCUT2D eigenvalue weighted by Gasteiger charge is 2.14. The summed E-state index contributed by atoms with van der Waals surface area (Å²) in [6.07, 6.45) is -0.139. The summed E-state index contributed by atoms with van der Waals surface area (Å²) in [6, 6.07) is 20.3. The number of hydrogen-bond donors (Lipinski definition) is 6. The number of aromatic amines is 1. The van der Waals surface area contributed by atoms with Crippen molar-refractivity contribution < 1.29 is 19.7 Å².